The molecule has 154 valence electrons. The van der Waals surface area contributed by atoms with Gasteiger partial charge in [0.25, 0.3) is 0 Å². The summed E-state index contributed by atoms with van der Waals surface area (Å²) in [5, 5.41) is 20.2. The van der Waals surface area contributed by atoms with Crippen molar-refractivity contribution in [1.29, 1.82) is 0 Å². The summed E-state index contributed by atoms with van der Waals surface area (Å²) >= 11 is 1.36. The second-order valence-electron chi connectivity index (χ2n) is 6.32. The number of benzene rings is 1. The SMILES string of the molecule is O=P(O)(O)OC[C@H]1O[C@@H](n2cnc3c(Sc4ccc(O)cc4)ncnc32)C[C@@H]1O. The van der Waals surface area contributed by atoms with E-state index in [2.05, 4.69) is 19.5 Å². The quantitative estimate of drug-likeness (QED) is 0.324. The Kier molecular flexibility index (Phi) is 5.58. The minimum Gasteiger partial charge on any atom is -0.508 e. The van der Waals surface area contributed by atoms with Crippen molar-refractivity contribution < 1.29 is 33.8 Å². The van der Waals surface area contributed by atoms with Gasteiger partial charge in [-0.05, 0) is 24.3 Å². The maximum Gasteiger partial charge on any atom is 0.469 e. The standard InChI is InChI=1S/C16H17N4O7PS/c21-9-1-3-10(4-2-9)29-16-14-15(17-7-18-16)20(8-19-14)13-5-11(22)12(27-13)6-26-28(23,24)25/h1-4,7-8,11-13,21-22H,5-6H2,(H2,23,24,25)/t11-,12+,13+/m0/s1. The topological polar surface area (TPSA) is 160 Å². The Morgan fingerprint density at radius 1 is 1.24 bits per heavy atom. The van der Waals surface area contributed by atoms with Crippen LogP contribution in [0.5, 0.6) is 5.75 Å². The highest BCUT2D eigenvalue weighted by atomic mass is 32.2. The zero-order chi connectivity index (χ0) is 20.6. The minimum absolute atomic E-state index is 0.167. The van der Waals surface area contributed by atoms with Crippen LogP contribution in [0.2, 0.25) is 0 Å². The van der Waals surface area contributed by atoms with E-state index in [0.717, 1.165) is 4.90 Å². The van der Waals surface area contributed by atoms with Gasteiger partial charge < -0.3 is 24.7 Å². The molecule has 2 aromatic heterocycles. The number of rotatable bonds is 6. The van der Waals surface area contributed by atoms with Gasteiger partial charge in [-0.25, -0.2) is 19.5 Å². The van der Waals surface area contributed by atoms with Crippen molar-refractivity contribution in [3.63, 3.8) is 0 Å². The Balaban J connectivity index is 1.55. The number of phosphoric ester groups is 1. The molecule has 13 heteroatoms. The maximum atomic E-state index is 10.9. The van der Waals surface area contributed by atoms with E-state index in [-0.39, 0.29) is 12.2 Å². The average Bonchev–Trinajstić information content (AvgIpc) is 3.25. The van der Waals surface area contributed by atoms with Gasteiger partial charge in [0.05, 0.1) is 19.0 Å². The minimum atomic E-state index is -4.66. The molecule has 1 aliphatic rings. The molecule has 0 unspecified atom stereocenters. The molecule has 0 bridgehead atoms. The molecule has 0 spiro atoms. The van der Waals surface area contributed by atoms with E-state index in [1.165, 1.54) is 24.4 Å². The van der Waals surface area contributed by atoms with E-state index >= 15 is 0 Å². The van der Waals surface area contributed by atoms with Crippen LogP contribution in [-0.2, 0) is 13.8 Å². The monoisotopic (exact) mass is 440 g/mol. The van der Waals surface area contributed by atoms with Crippen LogP contribution in [-0.4, -0.2) is 58.3 Å². The van der Waals surface area contributed by atoms with E-state index in [4.69, 9.17) is 14.5 Å². The van der Waals surface area contributed by atoms with Crippen LogP contribution >= 0.6 is 19.6 Å². The number of phenolic OH excluding ortho intramolecular Hbond substituents is 1. The second-order valence-corrected chi connectivity index (χ2v) is 8.62. The summed E-state index contributed by atoms with van der Waals surface area (Å²) < 4.78 is 22.7. The lowest BCUT2D eigenvalue weighted by molar-refractivity contribution is -0.0424. The van der Waals surface area contributed by atoms with Gasteiger partial charge in [-0.15, -0.1) is 0 Å². The lowest BCUT2D eigenvalue weighted by atomic mass is 10.2. The molecule has 11 nitrogen and oxygen atoms in total. The molecule has 29 heavy (non-hydrogen) atoms. The molecule has 3 heterocycles. The molecule has 3 atom stereocenters. The van der Waals surface area contributed by atoms with E-state index < -0.39 is 32.9 Å². The third kappa shape index (κ3) is 4.59. The number of hydrogen-bond acceptors (Lipinski definition) is 9. The van der Waals surface area contributed by atoms with Crippen molar-refractivity contribution in [1.82, 2.24) is 19.5 Å². The Bertz CT molecular complexity index is 1060. The number of aromatic hydroxyl groups is 1. The Morgan fingerprint density at radius 3 is 2.72 bits per heavy atom. The first-order chi connectivity index (χ1) is 13.8. The van der Waals surface area contributed by atoms with Gasteiger partial charge in [-0.2, -0.15) is 0 Å². The van der Waals surface area contributed by atoms with Crippen LogP contribution in [0.15, 0.2) is 46.8 Å². The van der Waals surface area contributed by atoms with Crippen molar-refractivity contribution in [3.05, 3.63) is 36.9 Å². The lowest BCUT2D eigenvalue weighted by Gasteiger charge is -2.16. The lowest BCUT2D eigenvalue weighted by Crippen LogP contribution is -2.25. The molecule has 3 aromatic rings. The third-order valence-electron chi connectivity index (χ3n) is 4.30. The Hall–Kier alpha value is -2.05. The van der Waals surface area contributed by atoms with Crippen molar-refractivity contribution in [2.24, 2.45) is 0 Å². The van der Waals surface area contributed by atoms with Crippen LogP contribution in [0, 0.1) is 0 Å². The maximum absolute atomic E-state index is 10.9. The first-order valence-electron chi connectivity index (χ1n) is 8.48. The highest BCUT2D eigenvalue weighted by Crippen LogP contribution is 2.39. The predicted molar refractivity (Wildman–Crippen MR) is 100 cm³/mol. The van der Waals surface area contributed by atoms with Crippen LogP contribution in [0.25, 0.3) is 11.2 Å². The first-order valence-corrected chi connectivity index (χ1v) is 10.8. The fourth-order valence-electron chi connectivity index (χ4n) is 2.95. The largest absolute Gasteiger partial charge is 0.508 e. The number of imidazole rings is 1. The summed E-state index contributed by atoms with van der Waals surface area (Å²) in [4.78, 5) is 31.4. The van der Waals surface area contributed by atoms with Crippen LogP contribution in [0.3, 0.4) is 0 Å². The molecule has 0 amide bonds. The van der Waals surface area contributed by atoms with E-state index in [0.29, 0.717) is 16.2 Å². The number of aliphatic hydroxyl groups excluding tert-OH is 1. The highest BCUT2D eigenvalue weighted by molar-refractivity contribution is 7.99. The molecule has 4 rings (SSSR count). The van der Waals surface area contributed by atoms with Gasteiger partial charge in [0.2, 0.25) is 0 Å². The van der Waals surface area contributed by atoms with Gasteiger partial charge in [0.1, 0.15) is 35.0 Å². The summed E-state index contributed by atoms with van der Waals surface area (Å²) in [7, 11) is -4.66. The molecule has 1 aliphatic heterocycles. The van der Waals surface area contributed by atoms with Crippen LogP contribution < -0.4 is 0 Å². The smallest absolute Gasteiger partial charge is 0.469 e. The highest BCUT2D eigenvalue weighted by Gasteiger charge is 2.37. The number of phosphoric acid groups is 1. The second kappa shape index (κ2) is 8.00. The van der Waals surface area contributed by atoms with Crippen LogP contribution in [0.1, 0.15) is 12.6 Å². The number of nitrogens with zero attached hydrogens (tertiary/aromatic N) is 4. The zero-order valence-electron chi connectivity index (χ0n) is 14.8. The molecular formula is C16H17N4O7PS. The Morgan fingerprint density at radius 2 is 2.00 bits per heavy atom. The van der Waals surface area contributed by atoms with E-state index in [1.54, 1.807) is 28.8 Å². The summed E-state index contributed by atoms with van der Waals surface area (Å²) in [5.41, 5.74) is 1.04. The Labute approximate surface area is 168 Å². The van der Waals surface area contributed by atoms with Crippen molar-refractivity contribution in [2.75, 3.05) is 6.61 Å². The molecule has 4 N–H and O–H groups in total. The molecule has 0 aliphatic carbocycles. The van der Waals surface area contributed by atoms with Crippen LogP contribution in [0.4, 0.5) is 0 Å². The van der Waals surface area contributed by atoms with Gasteiger partial charge in [-0.3, -0.25) is 9.09 Å². The number of aromatic nitrogens is 4. The molecule has 1 fully saturated rings. The number of phenols is 1. The molecule has 0 saturated carbocycles. The van der Waals surface area contributed by atoms with Crippen molar-refractivity contribution >= 4 is 30.7 Å². The van der Waals surface area contributed by atoms with Gasteiger partial charge in [-0.1, -0.05) is 11.8 Å². The van der Waals surface area contributed by atoms with E-state index in [9.17, 15) is 14.8 Å². The third-order valence-corrected chi connectivity index (χ3v) is 5.78. The zero-order valence-corrected chi connectivity index (χ0v) is 16.5. The van der Waals surface area contributed by atoms with Gasteiger partial charge in [0.15, 0.2) is 5.65 Å². The summed E-state index contributed by atoms with van der Waals surface area (Å²) in [6.07, 6.45) is 0.619. The fraction of sp³-hybridized carbons (Fsp3) is 0.312. The fourth-order valence-corrected chi connectivity index (χ4v) is 4.13. The summed E-state index contributed by atoms with van der Waals surface area (Å²) in [6, 6.07) is 6.67. The number of fused-ring (bicyclic) bond motifs is 1. The number of aliphatic hydroxyl groups is 1. The van der Waals surface area contributed by atoms with Gasteiger partial charge >= 0.3 is 7.82 Å². The average molecular weight is 440 g/mol. The number of hydrogen-bond donors (Lipinski definition) is 4. The summed E-state index contributed by atoms with van der Waals surface area (Å²) in [5.74, 6) is 0.167. The predicted octanol–water partition coefficient (Wildman–Crippen LogP) is 1.44. The number of ether oxygens (including phenoxy) is 1. The first kappa shape index (κ1) is 20.2. The molecule has 0 radical (unpaired) electrons. The van der Waals surface area contributed by atoms with E-state index in [1.807, 2.05) is 0 Å². The van der Waals surface area contributed by atoms with Crippen molar-refractivity contribution in [3.8, 4) is 5.75 Å². The normalized spacial score (nSPS) is 22.4. The summed E-state index contributed by atoms with van der Waals surface area (Å²) in [6.45, 7) is -0.439. The molecule has 1 saturated heterocycles. The van der Waals surface area contributed by atoms with Crippen molar-refractivity contribution in [2.45, 2.75) is 34.8 Å². The molecule has 1 aromatic carbocycles. The van der Waals surface area contributed by atoms with Gasteiger partial charge in [0, 0.05) is 11.3 Å². The molecular weight excluding hydrogens is 423 g/mol.